The number of aliphatic hydroxyl groups excluding tert-OH is 2. The molecule has 0 aliphatic heterocycles. The summed E-state index contributed by atoms with van der Waals surface area (Å²) in [6.07, 6.45) is 5.09. The monoisotopic (exact) mass is 445 g/mol. The lowest BCUT2D eigenvalue weighted by Crippen LogP contribution is -2.25. The lowest BCUT2D eigenvalue weighted by molar-refractivity contribution is -0.120. The van der Waals surface area contributed by atoms with Gasteiger partial charge in [-0.1, -0.05) is 45.0 Å². The summed E-state index contributed by atoms with van der Waals surface area (Å²) in [6.45, 7) is 6.55. The second-order valence-electron chi connectivity index (χ2n) is 11.1. The van der Waals surface area contributed by atoms with Gasteiger partial charge < -0.3 is 14.8 Å². The first-order chi connectivity index (χ1) is 15.7. The first-order valence-corrected chi connectivity index (χ1v) is 12.3. The van der Waals surface area contributed by atoms with Crippen LogP contribution in [0.3, 0.4) is 0 Å². The predicted molar refractivity (Wildman–Crippen MR) is 132 cm³/mol. The Labute approximate surface area is 196 Å². The van der Waals surface area contributed by atoms with E-state index in [0.717, 1.165) is 41.4 Å². The maximum Gasteiger partial charge on any atom is 0.147 e. The molecule has 1 saturated carbocycles. The molecule has 0 radical (unpaired) electrons. The molecule has 0 amide bonds. The van der Waals surface area contributed by atoms with Crippen LogP contribution in [-0.2, 0) is 41.4 Å². The van der Waals surface area contributed by atoms with Crippen LogP contribution in [0.5, 0.6) is 0 Å². The minimum absolute atomic E-state index is 0.101. The zero-order chi connectivity index (χ0) is 23.4. The van der Waals surface area contributed by atoms with Crippen molar-refractivity contribution in [3.05, 3.63) is 70.4 Å². The predicted octanol–water partition coefficient (Wildman–Crippen LogP) is 4.62. The second kappa shape index (κ2) is 8.11. The van der Waals surface area contributed by atoms with E-state index in [1.54, 1.807) is 0 Å². The highest BCUT2D eigenvalue weighted by molar-refractivity contribution is 5.95. The summed E-state index contributed by atoms with van der Waals surface area (Å²) in [7, 11) is 0. The summed E-state index contributed by atoms with van der Waals surface area (Å²) >= 11 is 0. The zero-order valence-corrected chi connectivity index (χ0v) is 20.0. The van der Waals surface area contributed by atoms with Gasteiger partial charge in [0.15, 0.2) is 0 Å². The highest BCUT2D eigenvalue weighted by atomic mass is 16.3. The van der Waals surface area contributed by atoms with E-state index in [0.29, 0.717) is 18.7 Å². The maximum atomic E-state index is 13.5. The molecule has 1 aromatic heterocycles. The van der Waals surface area contributed by atoms with E-state index < -0.39 is 6.10 Å². The van der Waals surface area contributed by atoms with E-state index in [1.807, 2.05) is 6.07 Å². The van der Waals surface area contributed by atoms with Crippen LogP contribution in [0.25, 0.3) is 10.9 Å². The molecular weight excluding hydrogens is 410 g/mol. The van der Waals surface area contributed by atoms with Gasteiger partial charge in [-0.3, -0.25) is 4.79 Å². The van der Waals surface area contributed by atoms with Crippen LogP contribution in [-0.4, -0.2) is 33.3 Å². The quantitative estimate of drug-likeness (QED) is 0.558. The fraction of sp³-hybridized carbons (Fsp3) is 0.483. The summed E-state index contributed by atoms with van der Waals surface area (Å²) in [4.78, 5) is 13.5. The van der Waals surface area contributed by atoms with Crippen molar-refractivity contribution in [1.82, 2.24) is 4.57 Å². The first kappa shape index (κ1) is 22.4. The Kier molecular flexibility index (Phi) is 5.49. The number of aliphatic hydroxyl groups is 2. The summed E-state index contributed by atoms with van der Waals surface area (Å²) < 4.78 is 2.11. The number of hydrogen-bond donors (Lipinski definition) is 2. The molecule has 2 aromatic carbocycles. The van der Waals surface area contributed by atoms with Crippen LogP contribution in [0.4, 0.5) is 0 Å². The number of rotatable bonds is 7. The molecule has 3 aromatic rings. The highest BCUT2D eigenvalue weighted by Gasteiger charge is 2.50. The molecule has 5 rings (SSSR count). The standard InChI is InChI=1S/C29H35NO3/c1-28(2,3)26-16-22-13-19(7-10-25(22)30(26)17-24(32)18-31)14-27(33)29(11-12-29)23-9-8-20-5-4-6-21(20)15-23/h7-10,13,15-16,24,31-32H,4-6,11-12,14,17-18H2,1-3H3/t24-/m1/s1. The van der Waals surface area contributed by atoms with Gasteiger partial charge in [-0.2, -0.15) is 0 Å². The Morgan fingerprint density at radius 3 is 2.52 bits per heavy atom. The Morgan fingerprint density at radius 2 is 1.82 bits per heavy atom. The van der Waals surface area contributed by atoms with Crippen LogP contribution in [0.2, 0.25) is 0 Å². The van der Waals surface area contributed by atoms with E-state index in [9.17, 15) is 15.0 Å². The number of ketones is 1. The van der Waals surface area contributed by atoms with Gasteiger partial charge in [0, 0.05) is 28.4 Å². The lowest BCUT2D eigenvalue weighted by Gasteiger charge is -2.23. The molecule has 0 saturated heterocycles. The summed E-state index contributed by atoms with van der Waals surface area (Å²) in [5.41, 5.74) is 6.91. The molecule has 1 heterocycles. The number of aryl methyl sites for hydroxylation is 2. The van der Waals surface area contributed by atoms with Crippen molar-refractivity contribution in [2.24, 2.45) is 0 Å². The minimum atomic E-state index is -0.801. The van der Waals surface area contributed by atoms with Gasteiger partial charge in [-0.25, -0.2) is 0 Å². The molecule has 2 aliphatic carbocycles. The number of fused-ring (bicyclic) bond motifs is 2. The molecule has 2 N–H and O–H groups in total. The first-order valence-electron chi connectivity index (χ1n) is 12.3. The van der Waals surface area contributed by atoms with Crippen molar-refractivity contribution >= 4 is 16.7 Å². The topological polar surface area (TPSA) is 62.5 Å². The number of carbonyl (C=O) groups is 1. The van der Waals surface area contributed by atoms with Gasteiger partial charge >= 0.3 is 0 Å². The van der Waals surface area contributed by atoms with Crippen LogP contribution >= 0.6 is 0 Å². The molecule has 174 valence electrons. The normalized spacial score (nSPS) is 17.8. The minimum Gasteiger partial charge on any atom is -0.394 e. The molecule has 2 aliphatic rings. The smallest absolute Gasteiger partial charge is 0.147 e. The second-order valence-corrected chi connectivity index (χ2v) is 11.1. The average Bonchev–Trinajstić information content (AvgIpc) is 3.32. The number of aromatic nitrogens is 1. The van der Waals surface area contributed by atoms with Gasteiger partial charge in [0.05, 0.1) is 24.7 Å². The largest absolute Gasteiger partial charge is 0.394 e. The number of hydrogen-bond acceptors (Lipinski definition) is 3. The molecule has 1 atom stereocenters. The maximum absolute atomic E-state index is 13.5. The lowest BCUT2D eigenvalue weighted by atomic mass is 9.86. The summed E-state index contributed by atoms with van der Waals surface area (Å²) in [6, 6.07) is 15.1. The van der Waals surface area contributed by atoms with E-state index >= 15 is 0 Å². The van der Waals surface area contributed by atoms with Crippen molar-refractivity contribution in [3.63, 3.8) is 0 Å². The zero-order valence-electron chi connectivity index (χ0n) is 20.0. The highest BCUT2D eigenvalue weighted by Crippen LogP contribution is 2.50. The van der Waals surface area contributed by atoms with Crippen LogP contribution in [0.15, 0.2) is 42.5 Å². The number of benzene rings is 2. The average molecular weight is 446 g/mol. The summed E-state index contributed by atoms with van der Waals surface area (Å²) in [5.74, 6) is 0.325. The third-order valence-corrected chi connectivity index (χ3v) is 7.64. The van der Waals surface area contributed by atoms with E-state index in [2.05, 4.69) is 61.7 Å². The molecule has 4 heteroatoms. The number of nitrogens with zero attached hydrogens (tertiary/aromatic N) is 1. The Morgan fingerprint density at radius 1 is 1.06 bits per heavy atom. The molecule has 0 spiro atoms. The van der Waals surface area contributed by atoms with Crippen molar-refractivity contribution < 1.29 is 15.0 Å². The van der Waals surface area contributed by atoms with E-state index in [-0.39, 0.29) is 17.4 Å². The Hall–Kier alpha value is -2.43. The Balaban J connectivity index is 1.43. The van der Waals surface area contributed by atoms with Gasteiger partial charge in [0.2, 0.25) is 0 Å². The van der Waals surface area contributed by atoms with Crippen molar-refractivity contribution in [3.8, 4) is 0 Å². The molecule has 4 nitrogen and oxygen atoms in total. The Bertz CT molecular complexity index is 1210. The van der Waals surface area contributed by atoms with Gasteiger partial charge in [0.1, 0.15) is 5.78 Å². The number of Topliss-reactive ketones (excluding diaryl/α,β-unsaturated/α-hetero) is 1. The van der Waals surface area contributed by atoms with Gasteiger partial charge in [-0.15, -0.1) is 0 Å². The van der Waals surface area contributed by atoms with Crippen molar-refractivity contribution in [2.45, 2.75) is 82.8 Å². The SMILES string of the molecule is CC(C)(C)c1cc2cc(CC(=O)C3(c4ccc5c(c4)CCC5)CC3)ccc2n1C[C@@H](O)CO. The van der Waals surface area contributed by atoms with Crippen LogP contribution < -0.4 is 0 Å². The fourth-order valence-electron chi connectivity index (χ4n) is 5.59. The fourth-order valence-corrected chi connectivity index (χ4v) is 5.59. The molecule has 33 heavy (non-hydrogen) atoms. The third-order valence-electron chi connectivity index (χ3n) is 7.64. The molecule has 0 bridgehead atoms. The number of carbonyl (C=O) groups excluding carboxylic acids is 1. The third kappa shape index (κ3) is 4.04. The van der Waals surface area contributed by atoms with Crippen LogP contribution in [0, 0.1) is 0 Å². The van der Waals surface area contributed by atoms with Crippen molar-refractivity contribution in [1.29, 1.82) is 0 Å². The van der Waals surface area contributed by atoms with Gasteiger partial charge in [-0.05, 0) is 72.6 Å². The molecule has 0 unspecified atom stereocenters. The molecular formula is C29H35NO3. The van der Waals surface area contributed by atoms with Crippen LogP contribution in [0.1, 0.15) is 68.0 Å². The van der Waals surface area contributed by atoms with E-state index in [1.165, 1.54) is 29.5 Å². The molecule has 1 fully saturated rings. The van der Waals surface area contributed by atoms with Crippen molar-refractivity contribution in [2.75, 3.05) is 6.61 Å². The van der Waals surface area contributed by atoms with E-state index in [4.69, 9.17) is 0 Å². The summed E-state index contributed by atoms with van der Waals surface area (Å²) in [5, 5.41) is 20.6. The van der Waals surface area contributed by atoms with Gasteiger partial charge in [0.25, 0.3) is 0 Å².